The van der Waals surface area contributed by atoms with Crippen molar-refractivity contribution in [3.8, 4) is 5.75 Å². The highest BCUT2D eigenvalue weighted by molar-refractivity contribution is 6.02. The molecule has 1 aliphatic carbocycles. The molecule has 1 saturated carbocycles. The number of pyridine rings is 1. The zero-order valence-electron chi connectivity index (χ0n) is 25.5. The monoisotopic (exact) mass is 615 g/mol. The summed E-state index contributed by atoms with van der Waals surface area (Å²) in [5.74, 6) is 0.461. The van der Waals surface area contributed by atoms with Gasteiger partial charge in [0.15, 0.2) is 0 Å². The van der Waals surface area contributed by atoms with E-state index in [0.717, 1.165) is 60.3 Å². The summed E-state index contributed by atoms with van der Waals surface area (Å²) in [7, 11) is 1.66. The second-order valence-electron chi connectivity index (χ2n) is 12.0. The van der Waals surface area contributed by atoms with Crippen LogP contribution in [0.1, 0.15) is 70.9 Å². The number of oxime groups is 1. The summed E-state index contributed by atoms with van der Waals surface area (Å²) in [6, 6.07) is 14.0. The number of aliphatic hydroxyl groups excluding tert-OH is 1. The summed E-state index contributed by atoms with van der Waals surface area (Å²) < 4.78 is 10.6. The van der Waals surface area contributed by atoms with E-state index in [1.165, 1.54) is 18.6 Å². The highest BCUT2D eigenvalue weighted by atomic mass is 16.5. The number of ether oxygens (including phenoxy) is 2. The number of aliphatic hydroxyl groups is 1. The van der Waals surface area contributed by atoms with Crippen LogP contribution in [0.5, 0.6) is 5.75 Å². The van der Waals surface area contributed by atoms with Gasteiger partial charge in [0.25, 0.3) is 0 Å². The van der Waals surface area contributed by atoms with Gasteiger partial charge in [-0.1, -0.05) is 23.4 Å². The van der Waals surface area contributed by atoms with E-state index in [0.29, 0.717) is 24.7 Å². The van der Waals surface area contributed by atoms with Gasteiger partial charge in [-0.3, -0.25) is 9.88 Å². The van der Waals surface area contributed by atoms with E-state index < -0.39 is 18.0 Å². The van der Waals surface area contributed by atoms with Gasteiger partial charge in [0.1, 0.15) is 5.75 Å². The van der Waals surface area contributed by atoms with E-state index in [2.05, 4.69) is 27.7 Å². The maximum atomic E-state index is 12.0. The van der Waals surface area contributed by atoms with Gasteiger partial charge < -0.3 is 24.9 Å². The van der Waals surface area contributed by atoms with E-state index in [-0.39, 0.29) is 29.7 Å². The van der Waals surface area contributed by atoms with Crippen LogP contribution in [0.25, 0.3) is 10.9 Å². The number of nitrogens with zero attached hydrogens (tertiary/aromatic N) is 3. The molecule has 1 aromatic heterocycles. The second-order valence-corrected chi connectivity index (χ2v) is 12.0. The average molecular weight is 616 g/mol. The molecule has 5 atom stereocenters. The minimum atomic E-state index is -1.15. The number of aromatic nitrogens is 1. The molecular weight excluding hydrogens is 574 g/mol. The molecular formula is C35H41N3O7. The molecule has 0 amide bonds. The second kappa shape index (κ2) is 14.7. The summed E-state index contributed by atoms with van der Waals surface area (Å²) >= 11 is 0. The van der Waals surface area contributed by atoms with Gasteiger partial charge in [-0.2, -0.15) is 0 Å². The molecule has 3 saturated heterocycles. The van der Waals surface area contributed by atoms with E-state index in [4.69, 9.17) is 19.8 Å². The minimum Gasteiger partial charge on any atom is -0.497 e. The zero-order valence-corrected chi connectivity index (χ0v) is 25.5. The molecule has 10 nitrogen and oxygen atoms in total. The Morgan fingerprint density at radius 1 is 1.13 bits per heavy atom. The summed E-state index contributed by atoms with van der Waals surface area (Å²) in [4.78, 5) is 29.9. The van der Waals surface area contributed by atoms with Crippen LogP contribution in [0, 0.1) is 17.8 Å². The Hall–Kier alpha value is -4.28. The first-order valence-corrected chi connectivity index (χ1v) is 15.5. The Bertz CT molecular complexity index is 1550. The van der Waals surface area contributed by atoms with Crippen molar-refractivity contribution in [3.63, 3.8) is 0 Å². The fraction of sp³-hybridized carbons (Fsp3) is 0.429. The summed E-state index contributed by atoms with van der Waals surface area (Å²) in [5.41, 5.74) is 2.63. The van der Waals surface area contributed by atoms with Crippen molar-refractivity contribution in [2.45, 2.75) is 50.7 Å². The van der Waals surface area contributed by atoms with Crippen LogP contribution < -0.4 is 4.74 Å². The number of rotatable bonds is 8. The number of piperidine rings is 3. The van der Waals surface area contributed by atoms with Crippen LogP contribution in [-0.2, 0) is 4.74 Å². The maximum Gasteiger partial charge on any atom is 0.339 e. The van der Waals surface area contributed by atoms with Crippen molar-refractivity contribution in [2.75, 3.05) is 26.8 Å². The Balaban J connectivity index is 0.000000180. The molecule has 3 N–H and O–H groups in total. The summed E-state index contributed by atoms with van der Waals surface area (Å²) in [5, 5.41) is 33.0. The van der Waals surface area contributed by atoms with Gasteiger partial charge in [0.05, 0.1) is 42.2 Å². The molecule has 45 heavy (non-hydrogen) atoms. The molecule has 4 aliphatic rings. The van der Waals surface area contributed by atoms with E-state index in [9.17, 15) is 14.7 Å². The number of benzene rings is 2. The average Bonchev–Trinajstić information content (AvgIpc) is 3.10. The first-order valence-electron chi connectivity index (χ1n) is 15.5. The van der Waals surface area contributed by atoms with Crippen LogP contribution >= 0.6 is 0 Å². The quantitative estimate of drug-likeness (QED) is 0.125. The van der Waals surface area contributed by atoms with Crippen molar-refractivity contribution < 1.29 is 34.5 Å². The van der Waals surface area contributed by atoms with Crippen molar-refractivity contribution >= 4 is 28.6 Å². The molecule has 0 spiro atoms. The van der Waals surface area contributed by atoms with E-state index in [1.54, 1.807) is 25.4 Å². The number of hydrogen-bond acceptors (Lipinski definition) is 9. The molecule has 3 aromatic rings. The standard InChI is InChI=1S/C20H24N2O2.C15H17NO5/c1-3-13-12-22-9-7-14(13)10-19(22)20(23)16-6-8-21-18-5-4-15(24-2)11-17(16)18;17-14(18)12-3-1-2-4-13(12)15(19)21-9-10-5-7-11(16-20)8-6-10/h3-6,8,11,13-14,19-20,23H,1,7,9-10,12H2,2H3;1-4,10,20H,5-9H2,(H,17,18). The third kappa shape index (κ3) is 7.34. The number of methoxy groups -OCH3 is 1. The molecule has 7 rings (SSSR count). The Morgan fingerprint density at radius 3 is 2.53 bits per heavy atom. The van der Waals surface area contributed by atoms with Crippen LogP contribution in [-0.4, -0.2) is 75.8 Å². The Labute approximate surface area is 263 Å². The number of carboxylic acid groups (broad SMARTS) is 1. The Kier molecular flexibility index (Phi) is 10.5. The third-order valence-corrected chi connectivity index (χ3v) is 9.47. The largest absolute Gasteiger partial charge is 0.497 e. The predicted octanol–water partition coefficient (Wildman–Crippen LogP) is 5.74. The van der Waals surface area contributed by atoms with E-state index in [1.807, 2.05) is 24.3 Å². The number of carboxylic acids is 1. The molecule has 3 aliphatic heterocycles. The normalized spacial score (nSPS) is 24.6. The van der Waals surface area contributed by atoms with Crippen LogP contribution in [0.4, 0.5) is 0 Å². The van der Waals surface area contributed by atoms with Gasteiger partial charge >= 0.3 is 11.9 Å². The molecule has 5 unspecified atom stereocenters. The highest BCUT2D eigenvalue weighted by Gasteiger charge is 2.42. The molecule has 4 heterocycles. The number of aromatic carboxylic acids is 1. The lowest BCUT2D eigenvalue weighted by molar-refractivity contribution is -0.0444. The van der Waals surface area contributed by atoms with Crippen molar-refractivity contribution in [3.05, 3.63) is 84.1 Å². The molecule has 10 heteroatoms. The number of carbonyl (C=O) groups excluding carboxylic acids is 1. The lowest BCUT2D eigenvalue weighted by Crippen LogP contribution is -2.54. The lowest BCUT2D eigenvalue weighted by Gasteiger charge is -2.50. The fourth-order valence-electron chi connectivity index (χ4n) is 6.84. The predicted molar refractivity (Wildman–Crippen MR) is 170 cm³/mol. The van der Waals surface area contributed by atoms with Crippen molar-refractivity contribution in [1.29, 1.82) is 0 Å². The van der Waals surface area contributed by atoms with Crippen molar-refractivity contribution in [1.82, 2.24) is 9.88 Å². The van der Waals surface area contributed by atoms with Gasteiger partial charge in [0.2, 0.25) is 0 Å². The first kappa shape index (κ1) is 32.1. The third-order valence-electron chi connectivity index (χ3n) is 9.47. The zero-order chi connectivity index (χ0) is 31.9. The molecule has 238 valence electrons. The maximum absolute atomic E-state index is 12.0. The topological polar surface area (TPSA) is 142 Å². The van der Waals surface area contributed by atoms with Gasteiger partial charge in [-0.15, -0.1) is 6.58 Å². The van der Waals surface area contributed by atoms with Crippen molar-refractivity contribution in [2.24, 2.45) is 22.9 Å². The van der Waals surface area contributed by atoms with Crippen LogP contribution in [0.15, 0.2) is 72.5 Å². The molecule has 2 aromatic carbocycles. The molecule has 0 radical (unpaired) electrons. The summed E-state index contributed by atoms with van der Waals surface area (Å²) in [6.45, 7) is 6.32. The van der Waals surface area contributed by atoms with Crippen LogP contribution in [0.3, 0.4) is 0 Å². The summed E-state index contributed by atoms with van der Waals surface area (Å²) in [6.07, 6.45) is 8.62. The number of hydrogen-bond donors (Lipinski definition) is 3. The number of esters is 1. The van der Waals surface area contributed by atoms with Gasteiger partial charge in [-0.25, -0.2) is 9.59 Å². The van der Waals surface area contributed by atoms with Crippen LogP contribution in [0.2, 0.25) is 0 Å². The molecule has 2 bridgehead atoms. The number of fused-ring (bicyclic) bond motifs is 4. The van der Waals surface area contributed by atoms with Gasteiger partial charge in [0, 0.05) is 24.2 Å². The highest BCUT2D eigenvalue weighted by Crippen LogP contribution is 2.42. The van der Waals surface area contributed by atoms with Gasteiger partial charge in [-0.05, 0) is 105 Å². The molecule has 4 fully saturated rings. The minimum absolute atomic E-state index is 0.0548. The lowest BCUT2D eigenvalue weighted by atomic mass is 9.73. The Morgan fingerprint density at radius 2 is 1.89 bits per heavy atom. The smallest absolute Gasteiger partial charge is 0.339 e. The first-order chi connectivity index (χ1) is 21.8. The SMILES string of the molecule is C=CC1CN2CCC1CC2C(O)c1ccnc2ccc(OC)cc12.O=C(O)c1ccccc1C(=O)OCC1CCC(=NO)CC1. The fourth-order valence-corrected chi connectivity index (χ4v) is 6.84. The number of carbonyl (C=O) groups is 2. The van der Waals surface area contributed by atoms with E-state index >= 15 is 0 Å².